The number of aromatic nitrogens is 3. The minimum atomic E-state index is -0.294. The molecule has 2 aromatic carbocycles. The number of carbonyl (C=O) groups is 1. The number of carbonyl (C=O) groups excluding carboxylic acids is 1. The zero-order valence-corrected chi connectivity index (χ0v) is 16.0. The number of para-hydroxylation sites is 1. The zero-order chi connectivity index (χ0) is 19.1. The molecule has 1 aliphatic heterocycles. The molecule has 0 radical (unpaired) electrons. The molecule has 1 saturated heterocycles. The summed E-state index contributed by atoms with van der Waals surface area (Å²) in [6.45, 7) is 0.731. The molecule has 7 heteroatoms. The van der Waals surface area contributed by atoms with Crippen LogP contribution < -0.4 is 0 Å². The average molecular weight is 394 g/mol. The summed E-state index contributed by atoms with van der Waals surface area (Å²) in [5.41, 5.74) is 2.39. The van der Waals surface area contributed by atoms with Gasteiger partial charge in [0.15, 0.2) is 0 Å². The zero-order valence-electron chi connectivity index (χ0n) is 15.2. The highest BCUT2D eigenvalue weighted by atomic mass is 32.1. The van der Waals surface area contributed by atoms with Crippen molar-refractivity contribution in [3.63, 3.8) is 0 Å². The van der Waals surface area contributed by atoms with Crippen molar-refractivity contribution in [2.24, 2.45) is 0 Å². The molecular weight excluding hydrogens is 375 g/mol. The number of nitrogens with one attached hydrogen (secondary N) is 1. The highest BCUT2D eigenvalue weighted by Gasteiger charge is 2.32. The van der Waals surface area contributed by atoms with Gasteiger partial charge in [-0.2, -0.15) is 0 Å². The van der Waals surface area contributed by atoms with Gasteiger partial charge in [0.25, 0.3) is 0 Å². The number of hydrogen-bond acceptors (Lipinski definition) is 4. The van der Waals surface area contributed by atoms with Crippen molar-refractivity contribution in [1.29, 1.82) is 0 Å². The molecule has 1 fully saturated rings. The first kappa shape index (κ1) is 17.3. The number of H-pyrrole nitrogens is 1. The fraction of sp³-hybridized carbons (Fsp3) is 0.286. The minimum absolute atomic E-state index is 0.0710. The molecule has 2 aromatic heterocycles. The summed E-state index contributed by atoms with van der Waals surface area (Å²) in [6, 6.07) is 12.5. The van der Waals surface area contributed by atoms with Crippen LogP contribution in [0.25, 0.3) is 21.3 Å². The van der Waals surface area contributed by atoms with E-state index in [-0.39, 0.29) is 17.8 Å². The van der Waals surface area contributed by atoms with Gasteiger partial charge >= 0.3 is 0 Å². The maximum Gasteiger partial charge on any atom is 0.223 e. The molecule has 1 aliphatic rings. The number of thiazole rings is 1. The standard InChI is InChI=1S/C21H19FN4OS/c22-13-7-8-14-16(12-13)25-21(24-14)17-5-3-11-26(17)20(27)10-9-19-23-15-4-1-2-6-18(15)28-19/h1-2,4,6-8,12,17H,3,5,9-11H2,(H,24,25). The van der Waals surface area contributed by atoms with Gasteiger partial charge in [-0.05, 0) is 43.2 Å². The Kier molecular flexibility index (Phi) is 4.31. The fourth-order valence-electron chi connectivity index (χ4n) is 3.89. The molecule has 0 bridgehead atoms. The number of amides is 1. The number of likely N-dealkylation sites (tertiary alicyclic amines) is 1. The predicted octanol–water partition coefficient (Wildman–Crippen LogP) is 4.61. The van der Waals surface area contributed by atoms with Crippen molar-refractivity contribution in [1.82, 2.24) is 19.9 Å². The number of aromatic amines is 1. The molecule has 1 unspecified atom stereocenters. The lowest BCUT2D eigenvalue weighted by Gasteiger charge is -2.23. The minimum Gasteiger partial charge on any atom is -0.340 e. The van der Waals surface area contributed by atoms with Crippen molar-refractivity contribution >= 4 is 38.5 Å². The van der Waals surface area contributed by atoms with Crippen LogP contribution in [0.5, 0.6) is 0 Å². The second kappa shape index (κ2) is 6.98. The summed E-state index contributed by atoms with van der Waals surface area (Å²) >= 11 is 1.65. The Morgan fingerprint density at radius 2 is 2.11 bits per heavy atom. The highest BCUT2D eigenvalue weighted by Crippen LogP contribution is 2.32. The Bertz CT molecular complexity index is 1130. The molecule has 5 nitrogen and oxygen atoms in total. The van der Waals surface area contributed by atoms with Gasteiger partial charge in [0.05, 0.1) is 32.3 Å². The monoisotopic (exact) mass is 394 g/mol. The van der Waals surface area contributed by atoms with E-state index in [2.05, 4.69) is 21.0 Å². The summed E-state index contributed by atoms with van der Waals surface area (Å²) < 4.78 is 14.6. The van der Waals surface area contributed by atoms with Crippen LogP contribution >= 0.6 is 11.3 Å². The van der Waals surface area contributed by atoms with Crippen molar-refractivity contribution in [3.05, 3.63) is 59.1 Å². The number of rotatable bonds is 4. The second-order valence-corrected chi connectivity index (χ2v) is 8.22. The Balaban J connectivity index is 1.31. The third-order valence-electron chi connectivity index (χ3n) is 5.24. The average Bonchev–Trinajstić information content (AvgIpc) is 3.41. The normalized spacial score (nSPS) is 17.0. The SMILES string of the molecule is O=C(CCc1nc2ccccc2s1)N1CCCC1c1nc2ccc(F)cc2[nH]1. The van der Waals surface area contributed by atoms with E-state index in [0.717, 1.165) is 46.0 Å². The van der Waals surface area contributed by atoms with Crippen LogP contribution in [-0.2, 0) is 11.2 Å². The first-order chi connectivity index (χ1) is 13.7. The Labute approximate surface area is 165 Å². The van der Waals surface area contributed by atoms with Crippen LogP contribution in [0.15, 0.2) is 42.5 Å². The Hall–Kier alpha value is -2.80. The fourth-order valence-corrected chi connectivity index (χ4v) is 4.86. The van der Waals surface area contributed by atoms with Crippen LogP contribution in [0.3, 0.4) is 0 Å². The van der Waals surface area contributed by atoms with E-state index in [1.54, 1.807) is 17.4 Å². The quantitative estimate of drug-likeness (QED) is 0.550. The van der Waals surface area contributed by atoms with Gasteiger partial charge in [0, 0.05) is 19.4 Å². The molecule has 142 valence electrons. The van der Waals surface area contributed by atoms with Crippen LogP contribution in [-0.4, -0.2) is 32.3 Å². The largest absolute Gasteiger partial charge is 0.340 e. The molecule has 1 amide bonds. The van der Waals surface area contributed by atoms with Gasteiger partial charge in [-0.15, -0.1) is 11.3 Å². The lowest BCUT2D eigenvalue weighted by atomic mass is 10.2. The molecule has 1 atom stereocenters. The third-order valence-corrected chi connectivity index (χ3v) is 6.34. The topological polar surface area (TPSA) is 61.9 Å². The van der Waals surface area contributed by atoms with E-state index < -0.39 is 0 Å². The van der Waals surface area contributed by atoms with Crippen molar-refractivity contribution < 1.29 is 9.18 Å². The number of halogens is 1. The maximum absolute atomic E-state index is 13.4. The molecule has 28 heavy (non-hydrogen) atoms. The van der Waals surface area contributed by atoms with E-state index in [0.29, 0.717) is 18.4 Å². The van der Waals surface area contributed by atoms with Gasteiger partial charge in [0.1, 0.15) is 11.6 Å². The van der Waals surface area contributed by atoms with E-state index in [4.69, 9.17) is 0 Å². The van der Waals surface area contributed by atoms with Gasteiger partial charge in [-0.3, -0.25) is 4.79 Å². The first-order valence-corrected chi connectivity index (χ1v) is 10.3. The molecule has 0 saturated carbocycles. The van der Waals surface area contributed by atoms with Gasteiger partial charge in [0.2, 0.25) is 5.91 Å². The summed E-state index contributed by atoms with van der Waals surface area (Å²) in [4.78, 5) is 27.2. The van der Waals surface area contributed by atoms with Gasteiger partial charge < -0.3 is 9.88 Å². The third kappa shape index (κ3) is 3.16. The van der Waals surface area contributed by atoms with Crippen molar-refractivity contribution in [2.45, 2.75) is 31.7 Å². The molecule has 0 spiro atoms. The molecule has 0 aliphatic carbocycles. The summed E-state index contributed by atoms with van der Waals surface area (Å²) in [7, 11) is 0. The van der Waals surface area contributed by atoms with Crippen LogP contribution in [0.2, 0.25) is 0 Å². The van der Waals surface area contributed by atoms with Crippen molar-refractivity contribution in [3.8, 4) is 0 Å². The number of imidazole rings is 1. The number of aryl methyl sites for hydroxylation is 1. The van der Waals surface area contributed by atoms with E-state index in [1.807, 2.05) is 23.1 Å². The Morgan fingerprint density at radius 3 is 3.00 bits per heavy atom. The molecule has 1 N–H and O–H groups in total. The molecule has 4 aromatic rings. The lowest BCUT2D eigenvalue weighted by molar-refractivity contribution is -0.132. The summed E-state index contributed by atoms with van der Waals surface area (Å²) in [6.07, 6.45) is 2.90. The van der Waals surface area contributed by atoms with Gasteiger partial charge in [-0.25, -0.2) is 14.4 Å². The maximum atomic E-state index is 13.4. The number of benzene rings is 2. The van der Waals surface area contributed by atoms with Crippen molar-refractivity contribution in [2.75, 3.05) is 6.54 Å². The smallest absolute Gasteiger partial charge is 0.223 e. The first-order valence-electron chi connectivity index (χ1n) is 9.46. The highest BCUT2D eigenvalue weighted by molar-refractivity contribution is 7.18. The van der Waals surface area contributed by atoms with Crippen LogP contribution in [0.1, 0.15) is 36.1 Å². The van der Waals surface area contributed by atoms with E-state index in [1.165, 1.54) is 12.1 Å². The number of fused-ring (bicyclic) bond motifs is 2. The van der Waals surface area contributed by atoms with E-state index >= 15 is 0 Å². The van der Waals surface area contributed by atoms with Gasteiger partial charge in [-0.1, -0.05) is 12.1 Å². The Morgan fingerprint density at radius 1 is 1.21 bits per heavy atom. The van der Waals surface area contributed by atoms with E-state index in [9.17, 15) is 9.18 Å². The second-order valence-electron chi connectivity index (χ2n) is 7.10. The molecular formula is C21H19FN4OS. The molecule has 5 rings (SSSR count). The summed E-state index contributed by atoms with van der Waals surface area (Å²) in [5, 5.41) is 0.990. The lowest BCUT2D eigenvalue weighted by Crippen LogP contribution is -2.31. The van der Waals surface area contributed by atoms with Crippen LogP contribution in [0, 0.1) is 5.82 Å². The number of hydrogen-bond donors (Lipinski definition) is 1. The van der Waals surface area contributed by atoms with Crippen LogP contribution in [0.4, 0.5) is 4.39 Å². The predicted molar refractivity (Wildman–Crippen MR) is 108 cm³/mol. The summed E-state index contributed by atoms with van der Waals surface area (Å²) in [5.74, 6) is 0.567. The molecule has 3 heterocycles. The number of nitrogens with zero attached hydrogens (tertiary/aromatic N) is 3.